The normalized spacial score (nSPS) is 12.5. The third kappa shape index (κ3) is 8.13. The van der Waals surface area contributed by atoms with Crippen LogP contribution in [-0.4, -0.2) is 27.3 Å². The minimum absolute atomic E-state index is 0.225. The maximum absolute atomic E-state index is 13.7. The zero-order valence-electron chi connectivity index (χ0n) is 17.7. The number of alkyl carbamates (subject to hydrolysis) is 1. The van der Waals surface area contributed by atoms with Gasteiger partial charge in [-0.05, 0) is 86.3 Å². The second kappa shape index (κ2) is 9.59. The maximum atomic E-state index is 13.7. The predicted octanol–water partition coefficient (Wildman–Crippen LogP) is 4.91. The fraction of sp³-hybridized carbons (Fsp3) is 0.391. The van der Waals surface area contributed by atoms with Crippen LogP contribution in [0.25, 0.3) is 0 Å². The second-order valence-corrected chi connectivity index (χ2v) is 9.33. The topological polar surface area (TPSA) is 71.5 Å². The summed E-state index contributed by atoms with van der Waals surface area (Å²) in [5.41, 5.74) is -0.125. The van der Waals surface area contributed by atoms with Crippen LogP contribution in [0.3, 0.4) is 0 Å². The Kier molecular flexibility index (Phi) is 7.62. The average Bonchev–Trinajstić information content (AvgIpc) is 2.58. The van der Waals surface area contributed by atoms with E-state index in [0.29, 0.717) is 21.4 Å². The smallest absolute Gasteiger partial charge is 0.408 e. The summed E-state index contributed by atoms with van der Waals surface area (Å²) in [5.74, 6) is 5.16. The Hall–Kier alpha value is -2.43. The molecule has 2 aromatic rings. The molecule has 160 valence electrons. The van der Waals surface area contributed by atoms with E-state index in [1.54, 1.807) is 38.1 Å². The Bertz CT molecular complexity index is 969. The van der Waals surface area contributed by atoms with E-state index < -0.39 is 23.3 Å². The summed E-state index contributed by atoms with van der Waals surface area (Å²) in [4.78, 5) is 17.0. The lowest BCUT2D eigenvalue weighted by Gasteiger charge is -2.24. The van der Waals surface area contributed by atoms with Crippen molar-refractivity contribution in [2.45, 2.75) is 58.3 Å². The highest BCUT2D eigenvalue weighted by Crippen LogP contribution is 2.28. The number of nitrogens with zero attached hydrogens (tertiary/aromatic N) is 1. The van der Waals surface area contributed by atoms with Crippen molar-refractivity contribution in [3.05, 3.63) is 63.6 Å². The van der Waals surface area contributed by atoms with E-state index in [9.17, 15) is 14.3 Å². The molecule has 30 heavy (non-hydrogen) atoms. The van der Waals surface area contributed by atoms with Gasteiger partial charge >= 0.3 is 6.09 Å². The molecule has 1 atom stereocenters. The summed E-state index contributed by atoms with van der Waals surface area (Å²) in [5, 5.41) is 12.6. The monoisotopic (exact) mass is 476 g/mol. The number of hydrogen-bond donors (Lipinski definition) is 2. The van der Waals surface area contributed by atoms with Gasteiger partial charge in [-0.1, -0.05) is 18.1 Å². The number of ether oxygens (including phenoxy) is 1. The van der Waals surface area contributed by atoms with Crippen LogP contribution >= 0.6 is 15.9 Å². The molecule has 0 aliphatic carbocycles. The highest BCUT2D eigenvalue weighted by atomic mass is 79.9. The van der Waals surface area contributed by atoms with Crippen molar-refractivity contribution in [2.75, 3.05) is 0 Å². The number of halogens is 2. The van der Waals surface area contributed by atoms with E-state index in [2.05, 4.69) is 38.1 Å². The molecule has 0 bridgehead atoms. The van der Waals surface area contributed by atoms with Crippen molar-refractivity contribution in [3.8, 4) is 11.8 Å². The van der Waals surface area contributed by atoms with E-state index in [1.165, 1.54) is 12.1 Å². The van der Waals surface area contributed by atoms with Crippen molar-refractivity contribution in [2.24, 2.45) is 0 Å². The maximum Gasteiger partial charge on any atom is 0.408 e. The Morgan fingerprint density at radius 3 is 2.57 bits per heavy atom. The molecule has 1 aromatic heterocycles. The number of nitrogens with one attached hydrogen (secondary N) is 1. The van der Waals surface area contributed by atoms with Crippen molar-refractivity contribution in [1.29, 1.82) is 0 Å². The van der Waals surface area contributed by atoms with E-state index in [1.807, 2.05) is 20.8 Å². The van der Waals surface area contributed by atoms with Gasteiger partial charge in [0.1, 0.15) is 17.1 Å². The molecule has 5 nitrogen and oxygen atoms in total. The number of aliphatic hydroxyl groups is 1. The summed E-state index contributed by atoms with van der Waals surface area (Å²) in [7, 11) is 0. The molecule has 7 heteroatoms. The first kappa shape index (κ1) is 23.8. The SMILES string of the molecule is CC(C)(O)C#Cc1ccc(Br)c([C@H](Cc2cccc(F)c2)OC(=O)NC(C)(C)C)n1. The van der Waals surface area contributed by atoms with E-state index >= 15 is 0 Å². The number of carbonyl (C=O) groups excluding carboxylic acids is 1. The Balaban J connectivity index is 2.41. The van der Waals surface area contributed by atoms with Gasteiger partial charge < -0.3 is 15.2 Å². The Morgan fingerprint density at radius 2 is 1.97 bits per heavy atom. The first-order valence-corrected chi connectivity index (χ1v) is 10.3. The number of aromatic nitrogens is 1. The van der Waals surface area contributed by atoms with Gasteiger partial charge in [-0.2, -0.15) is 0 Å². The number of pyridine rings is 1. The first-order chi connectivity index (χ1) is 13.8. The summed E-state index contributed by atoms with van der Waals surface area (Å²) >= 11 is 3.46. The van der Waals surface area contributed by atoms with E-state index in [4.69, 9.17) is 4.74 Å². The van der Waals surface area contributed by atoms with Crippen molar-refractivity contribution >= 4 is 22.0 Å². The second-order valence-electron chi connectivity index (χ2n) is 8.48. The molecule has 2 N–H and O–H groups in total. The minimum atomic E-state index is -1.17. The molecule has 0 saturated carbocycles. The Morgan fingerprint density at radius 1 is 1.27 bits per heavy atom. The van der Waals surface area contributed by atoms with Crippen LogP contribution in [-0.2, 0) is 11.2 Å². The predicted molar refractivity (Wildman–Crippen MR) is 117 cm³/mol. The lowest BCUT2D eigenvalue weighted by molar-refractivity contribution is 0.0884. The van der Waals surface area contributed by atoms with E-state index in [-0.39, 0.29) is 12.2 Å². The van der Waals surface area contributed by atoms with Crippen LogP contribution in [0.15, 0.2) is 40.9 Å². The molecular formula is C23H26BrFN2O3. The summed E-state index contributed by atoms with van der Waals surface area (Å²) in [6, 6.07) is 9.55. The van der Waals surface area contributed by atoms with Crippen molar-refractivity contribution in [1.82, 2.24) is 10.3 Å². The van der Waals surface area contributed by atoms with Crippen LogP contribution in [0.2, 0.25) is 0 Å². The molecule has 1 aromatic carbocycles. The van der Waals surface area contributed by atoms with Crippen LogP contribution in [0, 0.1) is 17.7 Å². The third-order valence-electron chi connectivity index (χ3n) is 3.71. The van der Waals surface area contributed by atoms with Gasteiger partial charge in [0.05, 0.1) is 5.69 Å². The summed E-state index contributed by atoms with van der Waals surface area (Å²) in [6.45, 7) is 8.68. The lowest BCUT2D eigenvalue weighted by Crippen LogP contribution is -2.41. The number of hydrogen-bond acceptors (Lipinski definition) is 4. The molecule has 0 fully saturated rings. The molecule has 1 amide bonds. The van der Waals surface area contributed by atoms with Crippen LogP contribution < -0.4 is 5.32 Å². The molecule has 0 radical (unpaired) electrons. The first-order valence-electron chi connectivity index (χ1n) is 9.48. The molecule has 0 unspecified atom stereocenters. The molecule has 0 aliphatic rings. The van der Waals surface area contributed by atoms with Crippen molar-refractivity contribution in [3.63, 3.8) is 0 Å². The zero-order valence-corrected chi connectivity index (χ0v) is 19.3. The number of carbonyl (C=O) groups is 1. The fourth-order valence-corrected chi connectivity index (χ4v) is 2.98. The van der Waals surface area contributed by atoms with Gasteiger partial charge in [0, 0.05) is 16.4 Å². The van der Waals surface area contributed by atoms with Gasteiger partial charge in [0.15, 0.2) is 6.10 Å². The fourth-order valence-electron chi connectivity index (χ4n) is 2.51. The zero-order chi connectivity index (χ0) is 22.5. The van der Waals surface area contributed by atoms with Gasteiger partial charge in [0.2, 0.25) is 0 Å². The number of benzene rings is 1. The third-order valence-corrected chi connectivity index (χ3v) is 4.38. The highest BCUT2D eigenvalue weighted by Gasteiger charge is 2.24. The average molecular weight is 477 g/mol. The van der Waals surface area contributed by atoms with Crippen molar-refractivity contribution < 1.29 is 19.0 Å². The molecule has 2 rings (SSSR count). The number of amides is 1. The van der Waals surface area contributed by atoms with Gasteiger partial charge in [0.25, 0.3) is 0 Å². The van der Waals surface area contributed by atoms with Gasteiger partial charge in [-0.3, -0.25) is 0 Å². The number of rotatable bonds is 4. The minimum Gasteiger partial charge on any atom is -0.439 e. The standard InChI is InChI=1S/C23H26BrFN2O3/c1-22(2,3)27-21(28)30-19(14-15-7-6-8-16(25)13-15)20-18(24)10-9-17(26-20)11-12-23(4,5)29/h6-10,13,19,29H,14H2,1-5H3,(H,27,28)/t19-/m0/s1. The molecule has 1 heterocycles. The van der Waals surface area contributed by atoms with Gasteiger partial charge in [-0.25, -0.2) is 14.2 Å². The molecule has 0 saturated heterocycles. The van der Waals surface area contributed by atoms with Crippen LogP contribution in [0.1, 0.15) is 57.7 Å². The van der Waals surface area contributed by atoms with E-state index in [0.717, 1.165) is 0 Å². The summed E-state index contributed by atoms with van der Waals surface area (Å²) < 4.78 is 20.0. The molecule has 0 spiro atoms. The largest absolute Gasteiger partial charge is 0.439 e. The molecular weight excluding hydrogens is 451 g/mol. The summed E-state index contributed by atoms with van der Waals surface area (Å²) in [6.07, 6.45) is -1.17. The molecule has 0 aliphatic heterocycles. The Labute approximate surface area is 185 Å². The quantitative estimate of drug-likeness (QED) is 0.614. The van der Waals surface area contributed by atoms with Crippen LogP contribution in [0.4, 0.5) is 9.18 Å². The highest BCUT2D eigenvalue weighted by molar-refractivity contribution is 9.10. The lowest BCUT2D eigenvalue weighted by atomic mass is 10.0. The van der Waals surface area contributed by atoms with Crippen LogP contribution in [0.5, 0.6) is 0 Å². The van der Waals surface area contributed by atoms with Gasteiger partial charge in [-0.15, -0.1) is 0 Å².